The van der Waals surface area contributed by atoms with Crippen LogP contribution in [0.15, 0.2) is 18.2 Å². The van der Waals surface area contributed by atoms with Gasteiger partial charge in [-0.1, -0.05) is 13.8 Å². The topological polar surface area (TPSA) is 50.7 Å². The van der Waals surface area contributed by atoms with Gasteiger partial charge in [0.05, 0.1) is 19.3 Å². The summed E-state index contributed by atoms with van der Waals surface area (Å²) in [7, 11) is 1.67. The van der Waals surface area contributed by atoms with E-state index in [2.05, 4.69) is 19.2 Å². The van der Waals surface area contributed by atoms with Gasteiger partial charge in [0.2, 0.25) is 0 Å². The smallest absolute Gasteiger partial charge is 0.124 e. The average molecular weight is 293 g/mol. The molecule has 1 aliphatic rings. The Labute approximate surface area is 127 Å². The molecular weight excluding hydrogens is 266 g/mol. The molecule has 1 aliphatic heterocycles. The number of benzene rings is 1. The summed E-state index contributed by atoms with van der Waals surface area (Å²) < 4.78 is 11.0. The Morgan fingerprint density at radius 3 is 2.90 bits per heavy atom. The normalized spacial score (nSPS) is 20.6. The zero-order valence-corrected chi connectivity index (χ0v) is 13.5. The highest BCUT2D eigenvalue weighted by molar-refractivity contribution is 5.43. The van der Waals surface area contributed by atoms with Crippen molar-refractivity contribution in [3.63, 3.8) is 0 Å². The first-order chi connectivity index (χ1) is 9.91. The van der Waals surface area contributed by atoms with E-state index < -0.39 is 5.60 Å². The van der Waals surface area contributed by atoms with E-state index in [0.29, 0.717) is 19.1 Å². The summed E-state index contributed by atoms with van der Waals surface area (Å²) in [5.74, 6) is 2.21. The highest BCUT2D eigenvalue weighted by Crippen LogP contribution is 2.35. The van der Waals surface area contributed by atoms with Crippen molar-refractivity contribution >= 4 is 0 Å². The van der Waals surface area contributed by atoms with Gasteiger partial charge in [0.25, 0.3) is 0 Å². The maximum absolute atomic E-state index is 10.4. The van der Waals surface area contributed by atoms with Crippen LogP contribution in [-0.4, -0.2) is 31.0 Å². The molecule has 1 aromatic carbocycles. The molecule has 0 spiro atoms. The fourth-order valence-corrected chi connectivity index (χ4v) is 3.01. The molecule has 21 heavy (non-hydrogen) atoms. The van der Waals surface area contributed by atoms with Crippen LogP contribution < -0.4 is 14.8 Å². The van der Waals surface area contributed by atoms with Crippen LogP contribution >= 0.6 is 0 Å². The van der Waals surface area contributed by atoms with Crippen LogP contribution in [0.1, 0.15) is 45.2 Å². The molecule has 1 heterocycles. The molecule has 4 nitrogen and oxygen atoms in total. The first-order valence-corrected chi connectivity index (χ1v) is 7.68. The van der Waals surface area contributed by atoms with E-state index >= 15 is 0 Å². The molecule has 2 unspecified atom stereocenters. The Hall–Kier alpha value is -1.26. The Morgan fingerprint density at radius 1 is 1.48 bits per heavy atom. The number of fused-ring (bicyclic) bond motifs is 1. The molecule has 0 radical (unpaired) electrons. The van der Waals surface area contributed by atoms with Crippen molar-refractivity contribution in [2.45, 2.75) is 45.3 Å². The molecule has 2 rings (SSSR count). The minimum absolute atomic E-state index is 0.197. The minimum Gasteiger partial charge on any atom is -0.497 e. The Bertz CT molecular complexity index is 471. The monoisotopic (exact) mass is 293 g/mol. The first-order valence-electron chi connectivity index (χ1n) is 7.68. The standard InChI is InChI=1S/C17H27NO3/c1-12(2)10-17(3,19)11-18-15-7-8-21-16-6-5-13(20-4)9-14(15)16/h5-6,9,12,15,18-19H,7-8,10-11H2,1-4H3. The third-order valence-corrected chi connectivity index (χ3v) is 3.83. The fourth-order valence-electron chi connectivity index (χ4n) is 3.01. The molecule has 0 bridgehead atoms. The van der Waals surface area contributed by atoms with Crippen molar-refractivity contribution in [1.29, 1.82) is 0 Å². The number of methoxy groups -OCH3 is 1. The molecule has 0 aliphatic carbocycles. The summed E-state index contributed by atoms with van der Waals surface area (Å²) >= 11 is 0. The summed E-state index contributed by atoms with van der Waals surface area (Å²) in [5.41, 5.74) is 0.423. The number of hydrogen-bond acceptors (Lipinski definition) is 4. The van der Waals surface area contributed by atoms with E-state index in [1.54, 1.807) is 7.11 Å². The van der Waals surface area contributed by atoms with Gasteiger partial charge in [0.15, 0.2) is 0 Å². The molecule has 2 atom stereocenters. The summed E-state index contributed by atoms with van der Waals surface area (Å²) in [6, 6.07) is 6.08. The van der Waals surface area contributed by atoms with Gasteiger partial charge in [-0.3, -0.25) is 0 Å². The van der Waals surface area contributed by atoms with Gasteiger partial charge < -0.3 is 19.9 Å². The molecule has 0 fully saturated rings. The lowest BCUT2D eigenvalue weighted by atomic mass is 9.93. The average Bonchev–Trinajstić information content (AvgIpc) is 2.43. The number of hydrogen-bond donors (Lipinski definition) is 2. The van der Waals surface area contributed by atoms with Gasteiger partial charge in [-0.25, -0.2) is 0 Å². The van der Waals surface area contributed by atoms with Gasteiger partial charge >= 0.3 is 0 Å². The third-order valence-electron chi connectivity index (χ3n) is 3.83. The Morgan fingerprint density at radius 2 is 2.24 bits per heavy atom. The van der Waals surface area contributed by atoms with Gasteiger partial charge in [-0.2, -0.15) is 0 Å². The Balaban J connectivity index is 2.06. The van der Waals surface area contributed by atoms with Gasteiger partial charge in [-0.15, -0.1) is 0 Å². The summed E-state index contributed by atoms with van der Waals surface area (Å²) in [6.07, 6.45) is 1.69. The molecule has 118 valence electrons. The molecule has 2 N–H and O–H groups in total. The van der Waals surface area contributed by atoms with Crippen molar-refractivity contribution in [2.75, 3.05) is 20.3 Å². The maximum atomic E-state index is 10.4. The zero-order valence-electron chi connectivity index (χ0n) is 13.5. The largest absolute Gasteiger partial charge is 0.497 e. The van der Waals surface area contributed by atoms with Crippen molar-refractivity contribution < 1.29 is 14.6 Å². The minimum atomic E-state index is -0.689. The van der Waals surface area contributed by atoms with Crippen LogP contribution in [-0.2, 0) is 0 Å². The van der Waals surface area contributed by atoms with Crippen molar-refractivity contribution in [1.82, 2.24) is 5.32 Å². The second kappa shape index (κ2) is 6.67. The molecule has 0 saturated heterocycles. The summed E-state index contributed by atoms with van der Waals surface area (Å²) in [4.78, 5) is 0. The van der Waals surface area contributed by atoms with E-state index in [9.17, 15) is 5.11 Å². The molecule has 4 heteroatoms. The van der Waals surface area contributed by atoms with Crippen molar-refractivity contribution in [2.24, 2.45) is 5.92 Å². The number of rotatable bonds is 6. The summed E-state index contributed by atoms with van der Waals surface area (Å²) in [6.45, 7) is 7.42. The fraction of sp³-hybridized carbons (Fsp3) is 0.647. The second-order valence-corrected chi connectivity index (χ2v) is 6.57. The van der Waals surface area contributed by atoms with Crippen molar-refractivity contribution in [3.05, 3.63) is 23.8 Å². The van der Waals surface area contributed by atoms with Crippen LogP contribution in [0.5, 0.6) is 11.5 Å². The lowest BCUT2D eigenvalue weighted by Gasteiger charge is -2.31. The molecule has 1 aromatic rings. The molecule has 0 amide bonds. The van der Waals surface area contributed by atoms with E-state index in [4.69, 9.17) is 9.47 Å². The predicted octanol–water partition coefficient (Wildman–Crippen LogP) is 2.91. The lowest BCUT2D eigenvalue weighted by molar-refractivity contribution is 0.0343. The van der Waals surface area contributed by atoms with Crippen LogP contribution in [0, 0.1) is 5.92 Å². The Kier molecular flexibility index (Phi) is 5.12. The first kappa shape index (κ1) is 16.1. The highest BCUT2D eigenvalue weighted by Gasteiger charge is 2.26. The maximum Gasteiger partial charge on any atom is 0.124 e. The second-order valence-electron chi connectivity index (χ2n) is 6.57. The van der Waals surface area contributed by atoms with Crippen LogP contribution in [0.3, 0.4) is 0 Å². The van der Waals surface area contributed by atoms with Crippen LogP contribution in [0.2, 0.25) is 0 Å². The van der Waals surface area contributed by atoms with Gasteiger partial charge in [-0.05, 0) is 37.5 Å². The third kappa shape index (κ3) is 4.35. The van der Waals surface area contributed by atoms with Crippen LogP contribution in [0.4, 0.5) is 0 Å². The summed E-state index contributed by atoms with van der Waals surface area (Å²) in [5, 5.41) is 13.9. The number of ether oxygens (including phenoxy) is 2. The van der Waals surface area contributed by atoms with Gasteiger partial charge in [0, 0.05) is 24.6 Å². The van der Waals surface area contributed by atoms with Crippen molar-refractivity contribution in [3.8, 4) is 11.5 Å². The molecule has 0 saturated carbocycles. The quantitative estimate of drug-likeness (QED) is 0.847. The predicted molar refractivity (Wildman–Crippen MR) is 83.9 cm³/mol. The lowest BCUT2D eigenvalue weighted by Crippen LogP contribution is -2.41. The highest BCUT2D eigenvalue weighted by atomic mass is 16.5. The molecular formula is C17H27NO3. The number of aliphatic hydroxyl groups is 1. The van der Waals surface area contributed by atoms with E-state index in [1.165, 1.54) is 0 Å². The van der Waals surface area contributed by atoms with E-state index in [1.807, 2.05) is 25.1 Å². The SMILES string of the molecule is COc1ccc2c(c1)C(NCC(C)(O)CC(C)C)CCO2. The molecule has 0 aromatic heterocycles. The van der Waals surface area contributed by atoms with E-state index in [-0.39, 0.29) is 6.04 Å². The number of nitrogens with one attached hydrogen (secondary N) is 1. The van der Waals surface area contributed by atoms with E-state index in [0.717, 1.165) is 29.9 Å². The zero-order chi connectivity index (χ0) is 15.5. The van der Waals surface area contributed by atoms with Gasteiger partial charge in [0.1, 0.15) is 11.5 Å². The van der Waals surface area contributed by atoms with Crippen LogP contribution in [0.25, 0.3) is 0 Å².